The summed E-state index contributed by atoms with van der Waals surface area (Å²) in [5.74, 6) is 0.289. The second-order valence-corrected chi connectivity index (χ2v) is 8.49. The van der Waals surface area contributed by atoms with Crippen molar-refractivity contribution in [2.75, 3.05) is 6.54 Å². The number of nitrogens with one attached hydrogen (secondary N) is 1. The van der Waals surface area contributed by atoms with Gasteiger partial charge in [-0.25, -0.2) is 0 Å². The number of aryl methyl sites for hydroxylation is 2. The number of hydrogen-bond donors (Lipinski definition) is 1. The molecule has 152 valence electrons. The van der Waals surface area contributed by atoms with Gasteiger partial charge in [-0.3, -0.25) is 4.79 Å². The van der Waals surface area contributed by atoms with Gasteiger partial charge in [-0.1, -0.05) is 66.7 Å². The van der Waals surface area contributed by atoms with Gasteiger partial charge in [-0.2, -0.15) is 4.68 Å². The first-order valence-electron chi connectivity index (χ1n) is 9.85. The molecule has 2 atom stereocenters. The smallest absolute Gasteiger partial charge is 0.233 e. The third-order valence-electron chi connectivity index (χ3n) is 4.96. The zero-order valence-electron chi connectivity index (χ0n) is 17.3. The lowest BCUT2D eigenvalue weighted by atomic mass is 9.96. The summed E-state index contributed by atoms with van der Waals surface area (Å²) in [6.45, 7) is 8.72. The van der Waals surface area contributed by atoms with Crippen LogP contribution in [-0.2, 0) is 4.79 Å². The Kier molecular flexibility index (Phi) is 7.04. The minimum atomic E-state index is -0.307. The van der Waals surface area contributed by atoms with Crippen LogP contribution in [0.3, 0.4) is 0 Å². The van der Waals surface area contributed by atoms with E-state index in [4.69, 9.17) is 0 Å². The van der Waals surface area contributed by atoms with E-state index in [-0.39, 0.29) is 11.2 Å². The fourth-order valence-corrected chi connectivity index (χ4v) is 4.07. The highest BCUT2D eigenvalue weighted by Gasteiger charge is 2.21. The topological polar surface area (TPSA) is 72.7 Å². The molecule has 0 spiro atoms. The number of carbonyl (C=O) groups excluding carboxylic acids is 1. The number of carbonyl (C=O) groups is 1. The van der Waals surface area contributed by atoms with E-state index in [1.54, 1.807) is 4.68 Å². The normalized spacial score (nSPS) is 13.1. The van der Waals surface area contributed by atoms with E-state index in [2.05, 4.69) is 52.9 Å². The zero-order chi connectivity index (χ0) is 20.8. The summed E-state index contributed by atoms with van der Waals surface area (Å²) >= 11 is 1.36. The predicted molar refractivity (Wildman–Crippen MR) is 116 cm³/mol. The van der Waals surface area contributed by atoms with Gasteiger partial charge in [0, 0.05) is 12.5 Å². The molecule has 1 N–H and O–H groups in total. The first-order chi connectivity index (χ1) is 14.0. The lowest BCUT2D eigenvalue weighted by molar-refractivity contribution is -0.120. The molecule has 0 unspecified atom stereocenters. The summed E-state index contributed by atoms with van der Waals surface area (Å²) in [6, 6.07) is 16.4. The molecule has 0 fully saturated rings. The molecule has 0 aliphatic heterocycles. The number of rotatable bonds is 8. The lowest BCUT2D eigenvalue weighted by Gasteiger charge is -2.18. The van der Waals surface area contributed by atoms with Crippen LogP contribution in [0.2, 0.25) is 0 Å². The summed E-state index contributed by atoms with van der Waals surface area (Å²) in [6.07, 6.45) is 0.969. The molecule has 0 saturated heterocycles. The van der Waals surface area contributed by atoms with Crippen LogP contribution in [0, 0.1) is 13.8 Å². The van der Waals surface area contributed by atoms with Crippen molar-refractivity contribution in [3.05, 3.63) is 65.2 Å². The van der Waals surface area contributed by atoms with Crippen LogP contribution in [-0.4, -0.2) is 37.9 Å². The van der Waals surface area contributed by atoms with E-state index in [0.29, 0.717) is 17.6 Å². The van der Waals surface area contributed by atoms with Crippen molar-refractivity contribution in [3.63, 3.8) is 0 Å². The van der Waals surface area contributed by atoms with Crippen molar-refractivity contribution in [2.24, 2.45) is 0 Å². The second kappa shape index (κ2) is 9.69. The van der Waals surface area contributed by atoms with Gasteiger partial charge in [0.15, 0.2) is 0 Å². The molecule has 0 radical (unpaired) electrons. The maximum absolute atomic E-state index is 12.7. The van der Waals surface area contributed by atoms with Gasteiger partial charge in [0.05, 0.1) is 10.9 Å². The van der Waals surface area contributed by atoms with Gasteiger partial charge in [-0.15, -0.1) is 5.10 Å². The molecule has 2 aromatic carbocycles. The number of tetrazole rings is 1. The highest BCUT2D eigenvalue weighted by Crippen LogP contribution is 2.25. The van der Waals surface area contributed by atoms with Gasteiger partial charge >= 0.3 is 0 Å². The summed E-state index contributed by atoms with van der Waals surface area (Å²) in [4.78, 5) is 12.7. The van der Waals surface area contributed by atoms with Crippen molar-refractivity contribution >= 4 is 17.7 Å². The lowest BCUT2D eigenvalue weighted by Crippen LogP contribution is -2.34. The monoisotopic (exact) mass is 409 g/mol. The van der Waals surface area contributed by atoms with Crippen LogP contribution in [0.4, 0.5) is 0 Å². The molecule has 3 rings (SSSR count). The third-order valence-corrected chi connectivity index (χ3v) is 5.99. The van der Waals surface area contributed by atoms with Crippen LogP contribution in [0.15, 0.2) is 53.7 Å². The Bertz CT molecular complexity index is 957. The van der Waals surface area contributed by atoms with Crippen LogP contribution in [0.1, 0.15) is 42.9 Å². The minimum absolute atomic E-state index is 0.0143. The van der Waals surface area contributed by atoms with Crippen molar-refractivity contribution in [1.29, 1.82) is 0 Å². The van der Waals surface area contributed by atoms with Gasteiger partial charge < -0.3 is 5.32 Å². The number of aromatic nitrogens is 4. The van der Waals surface area contributed by atoms with Gasteiger partial charge in [-0.05, 0) is 54.8 Å². The maximum Gasteiger partial charge on any atom is 0.233 e. The van der Waals surface area contributed by atoms with Crippen LogP contribution < -0.4 is 5.32 Å². The molecular formula is C22H27N5OS. The average molecular weight is 410 g/mol. The molecule has 29 heavy (non-hydrogen) atoms. The number of nitrogens with zero attached hydrogens (tertiary/aromatic N) is 4. The van der Waals surface area contributed by atoms with E-state index < -0.39 is 0 Å². The van der Waals surface area contributed by atoms with Gasteiger partial charge in [0.2, 0.25) is 11.1 Å². The SMILES string of the molecule is CC[C@@H](CNC(=O)[C@@H](C)Sc1nnnn1-c1ccc(C)cc1C)c1ccccc1. The molecule has 1 aromatic heterocycles. The van der Waals surface area contributed by atoms with E-state index >= 15 is 0 Å². The standard InChI is InChI=1S/C22H27N5OS/c1-5-18(19-9-7-6-8-10-19)14-23-21(28)17(4)29-22-24-25-26-27(22)20-12-11-15(2)13-16(20)3/h6-13,17-18H,5,14H2,1-4H3,(H,23,28)/t17-,18+/m1/s1. The fraction of sp³-hybridized carbons (Fsp3) is 0.364. The van der Waals surface area contributed by atoms with Gasteiger partial charge in [0.1, 0.15) is 0 Å². The number of hydrogen-bond acceptors (Lipinski definition) is 5. The van der Waals surface area contributed by atoms with Crippen LogP contribution in [0.25, 0.3) is 5.69 Å². The summed E-state index contributed by atoms with van der Waals surface area (Å²) in [5, 5.41) is 15.4. The molecule has 1 heterocycles. The Hall–Kier alpha value is -2.67. The van der Waals surface area contributed by atoms with E-state index in [9.17, 15) is 4.79 Å². The molecule has 7 heteroatoms. The maximum atomic E-state index is 12.7. The Morgan fingerprint density at radius 3 is 2.62 bits per heavy atom. The second-order valence-electron chi connectivity index (χ2n) is 7.18. The van der Waals surface area contributed by atoms with E-state index in [1.807, 2.05) is 44.2 Å². The van der Waals surface area contributed by atoms with E-state index in [1.165, 1.54) is 22.9 Å². The van der Waals surface area contributed by atoms with Crippen molar-refractivity contribution in [1.82, 2.24) is 25.5 Å². The molecule has 0 bridgehead atoms. The summed E-state index contributed by atoms with van der Waals surface area (Å²) in [5.41, 5.74) is 4.44. The largest absolute Gasteiger partial charge is 0.355 e. The number of benzene rings is 2. The summed E-state index contributed by atoms with van der Waals surface area (Å²) in [7, 11) is 0. The summed E-state index contributed by atoms with van der Waals surface area (Å²) < 4.78 is 1.70. The van der Waals surface area contributed by atoms with Crippen molar-refractivity contribution in [3.8, 4) is 5.69 Å². The molecule has 0 aliphatic rings. The first-order valence-corrected chi connectivity index (χ1v) is 10.7. The highest BCUT2D eigenvalue weighted by atomic mass is 32.2. The third kappa shape index (κ3) is 5.23. The Labute approximate surface area is 176 Å². The molecular weight excluding hydrogens is 382 g/mol. The first kappa shape index (κ1) is 21.0. The Morgan fingerprint density at radius 1 is 1.17 bits per heavy atom. The highest BCUT2D eigenvalue weighted by molar-refractivity contribution is 8.00. The van der Waals surface area contributed by atoms with Crippen molar-refractivity contribution in [2.45, 2.75) is 50.4 Å². The Morgan fingerprint density at radius 2 is 1.93 bits per heavy atom. The average Bonchev–Trinajstić information content (AvgIpc) is 3.16. The Balaban J connectivity index is 1.64. The molecule has 6 nitrogen and oxygen atoms in total. The molecule has 1 amide bonds. The minimum Gasteiger partial charge on any atom is -0.355 e. The molecule has 3 aromatic rings. The van der Waals surface area contributed by atoms with Crippen LogP contribution >= 0.6 is 11.8 Å². The van der Waals surface area contributed by atoms with Crippen LogP contribution in [0.5, 0.6) is 0 Å². The number of amides is 1. The fourth-order valence-electron chi connectivity index (χ4n) is 3.25. The van der Waals surface area contributed by atoms with Crippen molar-refractivity contribution < 1.29 is 4.79 Å². The van der Waals surface area contributed by atoms with Gasteiger partial charge in [0.25, 0.3) is 0 Å². The number of thioether (sulfide) groups is 1. The zero-order valence-corrected chi connectivity index (χ0v) is 18.1. The molecule has 0 saturated carbocycles. The molecule has 0 aliphatic carbocycles. The van der Waals surface area contributed by atoms with E-state index in [0.717, 1.165) is 17.7 Å². The predicted octanol–water partition coefficient (Wildman–Crippen LogP) is 4.07. The quantitative estimate of drug-likeness (QED) is 0.568.